The molecule has 0 fully saturated rings. The van der Waals surface area contributed by atoms with Gasteiger partial charge in [-0.1, -0.05) is 42.5 Å². The Morgan fingerprint density at radius 3 is 2.23 bits per heavy atom. The van der Waals surface area contributed by atoms with Crippen LogP contribution < -0.4 is 0 Å². The molecule has 4 heteroatoms. The first-order valence-electron chi connectivity index (χ1n) is 7.40. The van der Waals surface area contributed by atoms with Crippen molar-refractivity contribution < 1.29 is 0 Å². The maximum absolute atomic E-state index is 4.78. The van der Waals surface area contributed by atoms with Gasteiger partial charge in [0, 0.05) is 0 Å². The number of hydrogen-bond donors (Lipinski definition) is 0. The van der Waals surface area contributed by atoms with Crippen molar-refractivity contribution in [3.05, 3.63) is 65.9 Å². The molecule has 4 aromatic rings. The maximum atomic E-state index is 4.78. The smallest absolute Gasteiger partial charge is 0.178 e. The van der Waals surface area contributed by atoms with E-state index in [-0.39, 0.29) is 6.04 Å². The highest BCUT2D eigenvalue weighted by molar-refractivity contribution is 5.85. The lowest BCUT2D eigenvalue weighted by molar-refractivity contribution is 0.575. The monoisotopic (exact) mass is 288 g/mol. The van der Waals surface area contributed by atoms with Crippen LogP contribution >= 0.6 is 0 Å². The van der Waals surface area contributed by atoms with Gasteiger partial charge in [0.05, 0.1) is 22.8 Å². The van der Waals surface area contributed by atoms with Crippen molar-refractivity contribution in [2.45, 2.75) is 19.9 Å². The Labute approximate surface area is 128 Å². The molecule has 22 heavy (non-hydrogen) atoms. The van der Waals surface area contributed by atoms with Crippen LogP contribution in [0.15, 0.2) is 54.6 Å². The van der Waals surface area contributed by atoms with Crippen LogP contribution in [0.1, 0.15) is 24.2 Å². The molecule has 1 atom stereocenters. The number of aryl methyl sites for hydroxylation is 1. The molecule has 0 aliphatic carbocycles. The summed E-state index contributed by atoms with van der Waals surface area (Å²) in [6, 6.07) is 18.4. The highest BCUT2D eigenvalue weighted by Gasteiger charge is 2.17. The zero-order valence-corrected chi connectivity index (χ0v) is 12.6. The molecule has 0 aliphatic heterocycles. The molecule has 4 nitrogen and oxygen atoms in total. The average Bonchev–Trinajstić information content (AvgIpc) is 2.89. The lowest BCUT2D eigenvalue weighted by Gasteiger charge is -2.13. The topological polar surface area (TPSA) is 43.6 Å². The van der Waals surface area contributed by atoms with Gasteiger partial charge in [-0.25, -0.2) is 14.6 Å². The molecule has 0 N–H and O–H groups in total. The SMILES string of the molecule is Cc1nn([C@H](C)c2ccccc2)c2nc3ccccc3nc12. The molecule has 0 saturated heterocycles. The van der Waals surface area contributed by atoms with Crippen LogP contribution in [-0.2, 0) is 0 Å². The van der Waals surface area contributed by atoms with Crippen LogP contribution in [0.4, 0.5) is 0 Å². The summed E-state index contributed by atoms with van der Waals surface area (Å²) in [6.45, 7) is 4.12. The van der Waals surface area contributed by atoms with Crippen molar-refractivity contribution in [1.82, 2.24) is 19.7 Å². The van der Waals surface area contributed by atoms with Gasteiger partial charge in [0.15, 0.2) is 5.65 Å². The minimum Gasteiger partial charge on any atom is -0.241 e. The van der Waals surface area contributed by atoms with E-state index in [4.69, 9.17) is 9.97 Å². The van der Waals surface area contributed by atoms with E-state index in [2.05, 4.69) is 24.2 Å². The summed E-state index contributed by atoms with van der Waals surface area (Å²) < 4.78 is 1.97. The van der Waals surface area contributed by atoms with Gasteiger partial charge in [-0.3, -0.25) is 0 Å². The zero-order chi connectivity index (χ0) is 15.1. The summed E-state index contributed by atoms with van der Waals surface area (Å²) in [4.78, 5) is 9.51. The first-order chi connectivity index (χ1) is 10.7. The van der Waals surface area contributed by atoms with E-state index in [0.717, 1.165) is 27.9 Å². The third kappa shape index (κ3) is 1.96. The Balaban J connectivity index is 1.96. The summed E-state index contributed by atoms with van der Waals surface area (Å²) in [6.07, 6.45) is 0. The van der Waals surface area contributed by atoms with Crippen LogP contribution in [0, 0.1) is 6.92 Å². The Bertz CT molecular complexity index is 957. The fraction of sp³-hybridized carbons (Fsp3) is 0.167. The third-order valence-electron chi connectivity index (χ3n) is 4.02. The number of fused-ring (bicyclic) bond motifs is 2. The summed E-state index contributed by atoms with van der Waals surface area (Å²) in [5.41, 5.74) is 5.65. The molecule has 0 saturated carbocycles. The summed E-state index contributed by atoms with van der Waals surface area (Å²) in [7, 11) is 0. The highest BCUT2D eigenvalue weighted by atomic mass is 15.3. The largest absolute Gasteiger partial charge is 0.241 e. The van der Waals surface area contributed by atoms with E-state index in [9.17, 15) is 0 Å². The normalized spacial score (nSPS) is 12.8. The van der Waals surface area contributed by atoms with Gasteiger partial charge in [-0.05, 0) is 31.5 Å². The average molecular weight is 288 g/mol. The predicted octanol–water partition coefficient (Wildman–Crippen LogP) is 3.90. The molecule has 0 aliphatic rings. The predicted molar refractivity (Wildman–Crippen MR) is 87.8 cm³/mol. The summed E-state index contributed by atoms with van der Waals surface area (Å²) >= 11 is 0. The Morgan fingerprint density at radius 2 is 1.50 bits per heavy atom. The van der Waals surface area contributed by atoms with E-state index in [1.807, 2.05) is 54.1 Å². The Hall–Kier alpha value is -2.75. The van der Waals surface area contributed by atoms with E-state index in [0.29, 0.717) is 0 Å². The minimum atomic E-state index is 0.118. The van der Waals surface area contributed by atoms with Gasteiger partial charge in [0.2, 0.25) is 0 Å². The third-order valence-corrected chi connectivity index (χ3v) is 4.02. The molecule has 0 amide bonds. The number of para-hydroxylation sites is 2. The molecule has 0 radical (unpaired) electrons. The van der Waals surface area contributed by atoms with Crippen molar-refractivity contribution in [1.29, 1.82) is 0 Å². The number of rotatable bonds is 2. The molecule has 2 aromatic heterocycles. The molecular weight excluding hydrogens is 272 g/mol. The maximum Gasteiger partial charge on any atom is 0.178 e. The second-order valence-electron chi connectivity index (χ2n) is 5.50. The molecule has 0 bridgehead atoms. The summed E-state index contributed by atoms with van der Waals surface area (Å²) in [5, 5.41) is 4.68. The van der Waals surface area contributed by atoms with Gasteiger partial charge in [-0.15, -0.1) is 0 Å². The van der Waals surface area contributed by atoms with Gasteiger partial charge < -0.3 is 0 Å². The fourth-order valence-electron chi connectivity index (χ4n) is 2.79. The fourth-order valence-corrected chi connectivity index (χ4v) is 2.79. The first-order valence-corrected chi connectivity index (χ1v) is 7.40. The number of aromatic nitrogens is 4. The molecule has 2 aromatic carbocycles. The Morgan fingerprint density at radius 1 is 0.864 bits per heavy atom. The lowest BCUT2D eigenvalue weighted by atomic mass is 10.1. The van der Waals surface area contributed by atoms with E-state index in [1.54, 1.807) is 0 Å². The van der Waals surface area contributed by atoms with Gasteiger partial charge in [0.1, 0.15) is 5.52 Å². The molecule has 108 valence electrons. The van der Waals surface area contributed by atoms with Crippen molar-refractivity contribution in [3.63, 3.8) is 0 Å². The van der Waals surface area contributed by atoms with Crippen molar-refractivity contribution in [2.75, 3.05) is 0 Å². The highest BCUT2D eigenvalue weighted by Crippen LogP contribution is 2.24. The molecular formula is C18H16N4. The van der Waals surface area contributed by atoms with Crippen LogP contribution in [-0.4, -0.2) is 19.7 Å². The minimum absolute atomic E-state index is 0.118. The standard InChI is InChI=1S/C18H16N4/c1-12-17-18(20-16-11-7-6-10-15(16)19-17)22(21-12)13(2)14-8-4-3-5-9-14/h3-11,13H,1-2H3/t13-/m1/s1. The first kappa shape index (κ1) is 13.0. The number of nitrogens with zero attached hydrogens (tertiary/aromatic N) is 4. The van der Waals surface area contributed by atoms with Crippen molar-refractivity contribution in [3.8, 4) is 0 Å². The van der Waals surface area contributed by atoms with Crippen molar-refractivity contribution >= 4 is 22.2 Å². The Kier molecular flexibility index (Phi) is 2.89. The van der Waals surface area contributed by atoms with E-state index < -0.39 is 0 Å². The van der Waals surface area contributed by atoms with Gasteiger partial charge in [-0.2, -0.15) is 5.10 Å². The van der Waals surface area contributed by atoms with Crippen LogP contribution in [0.25, 0.3) is 22.2 Å². The number of benzene rings is 2. The number of hydrogen-bond acceptors (Lipinski definition) is 3. The molecule has 4 rings (SSSR count). The van der Waals surface area contributed by atoms with Crippen LogP contribution in [0.3, 0.4) is 0 Å². The van der Waals surface area contributed by atoms with Crippen LogP contribution in [0.2, 0.25) is 0 Å². The molecule has 2 heterocycles. The molecule has 0 spiro atoms. The van der Waals surface area contributed by atoms with E-state index in [1.165, 1.54) is 5.56 Å². The summed E-state index contributed by atoms with van der Waals surface area (Å²) in [5.74, 6) is 0. The quantitative estimate of drug-likeness (QED) is 0.562. The van der Waals surface area contributed by atoms with Crippen molar-refractivity contribution in [2.24, 2.45) is 0 Å². The van der Waals surface area contributed by atoms with Gasteiger partial charge >= 0.3 is 0 Å². The second kappa shape index (κ2) is 4.91. The second-order valence-corrected chi connectivity index (χ2v) is 5.50. The van der Waals surface area contributed by atoms with E-state index >= 15 is 0 Å². The molecule has 0 unspecified atom stereocenters. The zero-order valence-electron chi connectivity index (χ0n) is 12.6. The van der Waals surface area contributed by atoms with Gasteiger partial charge in [0.25, 0.3) is 0 Å². The lowest BCUT2D eigenvalue weighted by Crippen LogP contribution is -2.09. The van der Waals surface area contributed by atoms with Crippen LogP contribution in [0.5, 0.6) is 0 Å².